The zero-order valence-electron chi connectivity index (χ0n) is 10.9. The summed E-state index contributed by atoms with van der Waals surface area (Å²) in [6.07, 6.45) is 0. The fourth-order valence-electron chi connectivity index (χ4n) is 1.78. The summed E-state index contributed by atoms with van der Waals surface area (Å²) in [7, 11) is 0. The summed E-state index contributed by atoms with van der Waals surface area (Å²) < 4.78 is 5.86. The molecule has 5 nitrogen and oxygen atoms in total. The number of aryl methyl sites for hydroxylation is 1. The Balaban J connectivity index is 2.07. The minimum absolute atomic E-state index is 0.0897. The number of carboxylic acids is 1. The highest BCUT2D eigenvalue weighted by molar-refractivity contribution is 9.10. The summed E-state index contributed by atoms with van der Waals surface area (Å²) in [5, 5.41) is 12.1. The van der Waals surface area contributed by atoms with Gasteiger partial charge in [-0.05, 0) is 47.1 Å². The second-order valence-electron chi connectivity index (χ2n) is 4.29. The number of aromatic carboxylic acids is 1. The van der Waals surface area contributed by atoms with E-state index in [1.54, 1.807) is 25.1 Å². The van der Waals surface area contributed by atoms with Crippen LogP contribution in [0.25, 0.3) is 0 Å². The molecule has 1 heterocycles. The summed E-state index contributed by atoms with van der Waals surface area (Å²) in [4.78, 5) is 22.9. The van der Waals surface area contributed by atoms with Gasteiger partial charge in [-0.1, -0.05) is 11.6 Å². The lowest BCUT2D eigenvalue weighted by atomic mass is 10.2. The first-order valence-corrected chi connectivity index (χ1v) is 7.11. The van der Waals surface area contributed by atoms with E-state index < -0.39 is 5.97 Å². The van der Waals surface area contributed by atoms with Gasteiger partial charge in [-0.25, -0.2) is 4.79 Å². The SMILES string of the molecule is Cc1oc(CNC(=O)c2ccc(Cl)cc2Br)cc1C(=O)O. The van der Waals surface area contributed by atoms with E-state index in [2.05, 4.69) is 21.2 Å². The number of halogens is 2. The van der Waals surface area contributed by atoms with Crippen molar-refractivity contribution in [3.63, 3.8) is 0 Å². The third kappa shape index (κ3) is 3.65. The van der Waals surface area contributed by atoms with Crippen molar-refractivity contribution in [2.24, 2.45) is 0 Å². The predicted molar refractivity (Wildman–Crippen MR) is 80.7 cm³/mol. The number of carbonyl (C=O) groups excluding carboxylic acids is 1. The van der Waals surface area contributed by atoms with Gasteiger partial charge >= 0.3 is 5.97 Å². The number of furan rings is 1. The van der Waals surface area contributed by atoms with E-state index in [1.165, 1.54) is 6.07 Å². The summed E-state index contributed by atoms with van der Waals surface area (Å²) in [5.74, 6) is -0.693. The van der Waals surface area contributed by atoms with Crippen molar-refractivity contribution in [1.29, 1.82) is 0 Å². The third-order valence-corrected chi connectivity index (χ3v) is 3.69. The molecule has 0 aliphatic heterocycles. The van der Waals surface area contributed by atoms with Crippen LogP contribution >= 0.6 is 27.5 Å². The smallest absolute Gasteiger partial charge is 0.339 e. The summed E-state index contributed by atoms with van der Waals surface area (Å²) in [5.41, 5.74) is 0.521. The van der Waals surface area contributed by atoms with E-state index >= 15 is 0 Å². The zero-order valence-corrected chi connectivity index (χ0v) is 13.3. The number of carbonyl (C=O) groups is 2. The van der Waals surface area contributed by atoms with Gasteiger partial charge in [0.2, 0.25) is 0 Å². The van der Waals surface area contributed by atoms with Crippen molar-refractivity contribution < 1.29 is 19.1 Å². The molecule has 1 aromatic carbocycles. The molecule has 2 rings (SSSR count). The first kappa shape index (κ1) is 15.6. The molecule has 0 aliphatic rings. The standard InChI is InChI=1S/C14H11BrClNO4/c1-7-11(14(19)20)5-9(21-7)6-17-13(18)10-3-2-8(16)4-12(10)15/h2-5H,6H2,1H3,(H,17,18)(H,19,20). The normalized spacial score (nSPS) is 10.4. The maximum atomic E-state index is 12.0. The van der Waals surface area contributed by atoms with Gasteiger partial charge in [0.15, 0.2) is 0 Å². The first-order valence-electron chi connectivity index (χ1n) is 5.94. The van der Waals surface area contributed by atoms with Crippen LogP contribution in [0.1, 0.15) is 32.2 Å². The lowest BCUT2D eigenvalue weighted by Gasteiger charge is -2.05. The number of hydrogen-bond donors (Lipinski definition) is 2. The zero-order chi connectivity index (χ0) is 15.6. The van der Waals surface area contributed by atoms with Gasteiger partial charge in [-0.3, -0.25) is 4.79 Å². The Bertz CT molecular complexity index is 711. The maximum absolute atomic E-state index is 12.0. The molecule has 0 aliphatic carbocycles. The highest BCUT2D eigenvalue weighted by Crippen LogP contribution is 2.21. The number of hydrogen-bond acceptors (Lipinski definition) is 3. The van der Waals surface area contributed by atoms with Crippen molar-refractivity contribution in [3.05, 3.63) is 56.4 Å². The average molecular weight is 373 g/mol. The van der Waals surface area contributed by atoms with Gasteiger partial charge in [0, 0.05) is 9.50 Å². The lowest BCUT2D eigenvalue weighted by Crippen LogP contribution is -2.22. The average Bonchev–Trinajstić information content (AvgIpc) is 2.77. The van der Waals surface area contributed by atoms with E-state index in [-0.39, 0.29) is 18.0 Å². The molecular weight excluding hydrogens is 362 g/mol. The third-order valence-electron chi connectivity index (χ3n) is 2.80. The largest absolute Gasteiger partial charge is 0.478 e. The van der Waals surface area contributed by atoms with Crippen LogP contribution in [0.3, 0.4) is 0 Å². The van der Waals surface area contributed by atoms with E-state index in [0.717, 1.165) is 0 Å². The second-order valence-corrected chi connectivity index (χ2v) is 5.59. The predicted octanol–water partition coefficient (Wildman–Crippen LogP) is 3.63. The van der Waals surface area contributed by atoms with Crippen molar-refractivity contribution >= 4 is 39.4 Å². The van der Waals surface area contributed by atoms with Gasteiger partial charge in [0.05, 0.1) is 12.1 Å². The minimum atomic E-state index is -1.06. The number of benzene rings is 1. The molecule has 0 bridgehead atoms. The molecule has 0 spiro atoms. The second kappa shape index (κ2) is 6.32. The van der Waals surface area contributed by atoms with Crippen molar-refractivity contribution in [1.82, 2.24) is 5.32 Å². The number of carboxylic acid groups (broad SMARTS) is 1. The van der Waals surface area contributed by atoms with Gasteiger partial charge in [0.25, 0.3) is 5.91 Å². The number of amides is 1. The molecule has 7 heteroatoms. The van der Waals surface area contributed by atoms with E-state index in [0.29, 0.717) is 26.6 Å². The topological polar surface area (TPSA) is 79.5 Å². The van der Waals surface area contributed by atoms with E-state index in [9.17, 15) is 9.59 Å². The monoisotopic (exact) mass is 371 g/mol. The molecule has 21 heavy (non-hydrogen) atoms. The van der Waals surface area contributed by atoms with Crippen LogP contribution in [-0.4, -0.2) is 17.0 Å². The minimum Gasteiger partial charge on any atom is -0.478 e. The van der Waals surface area contributed by atoms with Crippen LogP contribution in [0.4, 0.5) is 0 Å². The summed E-state index contributed by atoms with van der Waals surface area (Å²) in [6, 6.07) is 6.23. The first-order chi connectivity index (χ1) is 9.88. The Morgan fingerprint density at radius 2 is 2.05 bits per heavy atom. The van der Waals surface area contributed by atoms with Crippen LogP contribution in [0, 0.1) is 6.92 Å². The Morgan fingerprint density at radius 1 is 1.33 bits per heavy atom. The van der Waals surface area contributed by atoms with Crippen LogP contribution in [0.15, 0.2) is 33.2 Å². The maximum Gasteiger partial charge on any atom is 0.339 e. The van der Waals surface area contributed by atoms with Gasteiger partial charge in [-0.15, -0.1) is 0 Å². The molecule has 2 aromatic rings. The van der Waals surface area contributed by atoms with Crippen LogP contribution in [-0.2, 0) is 6.54 Å². The Labute approximate surface area is 134 Å². The molecule has 1 amide bonds. The molecule has 2 N–H and O–H groups in total. The van der Waals surface area contributed by atoms with Gasteiger partial charge in [0.1, 0.15) is 17.1 Å². The van der Waals surface area contributed by atoms with Crippen molar-refractivity contribution in [3.8, 4) is 0 Å². The van der Waals surface area contributed by atoms with Gasteiger partial charge in [-0.2, -0.15) is 0 Å². The molecule has 0 unspecified atom stereocenters. The fourth-order valence-corrected chi connectivity index (χ4v) is 2.64. The van der Waals surface area contributed by atoms with Crippen LogP contribution < -0.4 is 5.32 Å². The Morgan fingerprint density at radius 3 is 2.62 bits per heavy atom. The lowest BCUT2D eigenvalue weighted by molar-refractivity contribution is 0.0694. The highest BCUT2D eigenvalue weighted by atomic mass is 79.9. The van der Waals surface area contributed by atoms with Crippen molar-refractivity contribution in [2.75, 3.05) is 0 Å². The Hall–Kier alpha value is -1.79. The van der Waals surface area contributed by atoms with Crippen LogP contribution in [0.2, 0.25) is 5.02 Å². The molecule has 0 saturated carbocycles. The fraction of sp³-hybridized carbons (Fsp3) is 0.143. The molecule has 0 fully saturated rings. The van der Waals surface area contributed by atoms with Crippen LogP contribution in [0.5, 0.6) is 0 Å². The Kier molecular flexibility index (Phi) is 4.69. The summed E-state index contributed by atoms with van der Waals surface area (Å²) in [6.45, 7) is 1.66. The highest BCUT2D eigenvalue weighted by Gasteiger charge is 2.15. The molecule has 1 aromatic heterocycles. The quantitative estimate of drug-likeness (QED) is 0.859. The molecule has 0 saturated heterocycles. The number of nitrogens with one attached hydrogen (secondary N) is 1. The molecule has 0 atom stereocenters. The molecular formula is C14H11BrClNO4. The van der Waals surface area contributed by atoms with E-state index in [1.807, 2.05) is 0 Å². The van der Waals surface area contributed by atoms with Gasteiger partial charge < -0.3 is 14.8 Å². The van der Waals surface area contributed by atoms with Crippen molar-refractivity contribution in [2.45, 2.75) is 13.5 Å². The molecule has 110 valence electrons. The molecule has 0 radical (unpaired) electrons. The summed E-state index contributed by atoms with van der Waals surface area (Å²) >= 11 is 9.07. The number of rotatable bonds is 4. The van der Waals surface area contributed by atoms with E-state index in [4.69, 9.17) is 21.1 Å².